The van der Waals surface area contributed by atoms with Gasteiger partial charge in [-0.3, -0.25) is 4.99 Å². The van der Waals surface area contributed by atoms with Crippen LogP contribution in [0.15, 0.2) is 40.0 Å². The lowest BCUT2D eigenvalue weighted by Crippen LogP contribution is -2.53. The number of fused-ring (bicyclic) bond motifs is 1. The molecule has 1 aromatic heterocycles. The highest BCUT2D eigenvalue weighted by molar-refractivity contribution is 7.88. The molecule has 2 aliphatic rings. The second kappa shape index (κ2) is 9.56. The fourth-order valence-corrected chi connectivity index (χ4v) is 5.02. The number of aromatic nitrogens is 1. The van der Waals surface area contributed by atoms with Gasteiger partial charge in [0.05, 0.1) is 18.9 Å². The maximum Gasteiger partial charge on any atom is 0.220 e. The smallest absolute Gasteiger partial charge is 0.220 e. The number of aliphatic imine (C=N–C) groups is 1. The van der Waals surface area contributed by atoms with Gasteiger partial charge in [0.25, 0.3) is 0 Å². The number of benzene rings is 1. The Morgan fingerprint density at radius 1 is 1.13 bits per heavy atom. The van der Waals surface area contributed by atoms with Gasteiger partial charge in [0.1, 0.15) is 12.0 Å². The maximum absolute atomic E-state index is 12.6. The zero-order valence-electron chi connectivity index (χ0n) is 17.5. The summed E-state index contributed by atoms with van der Waals surface area (Å²) in [6, 6.07) is 7.48. The summed E-state index contributed by atoms with van der Waals surface area (Å²) >= 11 is 0. The molecule has 0 spiro atoms. The van der Waals surface area contributed by atoms with Gasteiger partial charge in [-0.1, -0.05) is 11.2 Å². The van der Waals surface area contributed by atoms with E-state index in [1.54, 1.807) is 13.1 Å². The van der Waals surface area contributed by atoms with Crippen LogP contribution in [0.5, 0.6) is 11.5 Å². The first-order chi connectivity index (χ1) is 15.0. The highest BCUT2D eigenvalue weighted by Gasteiger charge is 2.29. The summed E-state index contributed by atoms with van der Waals surface area (Å²) in [4.78, 5) is 6.42. The molecule has 2 aromatic rings. The van der Waals surface area contributed by atoms with Gasteiger partial charge in [0, 0.05) is 52.3 Å². The first-order valence-corrected chi connectivity index (χ1v) is 11.9. The minimum atomic E-state index is -3.43. The van der Waals surface area contributed by atoms with E-state index in [1.807, 2.05) is 18.2 Å². The Bertz CT molecular complexity index is 1000. The molecular formula is C20H27N5O5S. The summed E-state index contributed by atoms with van der Waals surface area (Å²) in [5.74, 6) is 2.12. The van der Waals surface area contributed by atoms with Crippen LogP contribution in [0.3, 0.4) is 0 Å². The summed E-state index contributed by atoms with van der Waals surface area (Å²) in [6.07, 6.45) is 2.25. The quantitative estimate of drug-likeness (QED) is 0.533. The Morgan fingerprint density at radius 3 is 2.61 bits per heavy atom. The number of rotatable bonds is 5. The lowest BCUT2D eigenvalue weighted by Gasteiger charge is -2.35. The molecule has 1 saturated heterocycles. The van der Waals surface area contributed by atoms with E-state index >= 15 is 0 Å². The second-order valence-corrected chi connectivity index (χ2v) is 9.33. The van der Waals surface area contributed by atoms with Crippen LogP contribution < -0.4 is 14.8 Å². The van der Waals surface area contributed by atoms with Crippen molar-refractivity contribution in [3.05, 3.63) is 41.8 Å². The molecule has 2 aliphatic heterocycles. The van der Waals surface area contributed by atoms with Crippen LogP contribution in [0.4, 0.5) is 0 Å². The third-order valence-electron chi connectivity index (χ3n) is 5.23. The van der Waals surface area contributed by atoms with Crippen molar-refractivity contribution in [1.82, 2.24) is 19.7 Å². The Morgan fingerprint density at radius 2 is 1.90 bits per heavy atom. The first kappa shape index (κ1) is 21.4. The molecule has 0 bridgehead atoms. The van der Waals surface area contributed by atoms with Crippen LogP contribution in [0.25, 0.3) is 0 Å². The monoisotopic (exact) mass is 449 g/mol. The Labute approximate surface area is 181 Å². The summed E-state index contributed by atoms with van der Waals surface area (Å²) in [6.45, 7) is 3.79. The van der Waals surface area contributed by atoms with Crippen molar-refractivity contribution in [2.45, 2.75) is 18.7 Å². The average molecular weight is 450 g/mol. The molecule has 10 nitrogen and oxygen atoms in total. The average Bonchev–Trinajstić information content (AvgIpc) is 3.16. The highest BCUT2D eigenvalue weighted by Crippen LogP contribution is 2.30. The summed E-state index contributed by atoms with van der Waals surface area (Å²) in [7, 11) is -1.70. The first-order valence-electron chi connectivity index (χ1n) is 10.3. The van der Waals surface area contributed by atoms with Gasteiger partial charge in [-0.15, -0.1) is 0 Å². The molecule has 1 fully saturated rings. The molecule has 0 saturated carbocycles. The largest absolute Gasteiger partial charge is 0.490 e. The fourth-order valence-electron chi connectivity index (χ4n) is 3.60. The van der Waals surface area contributed by atoms with Crippen molar-refractivity contribution in [2.24, 2.45) is 4.99 Å². The van der Waals surface area contributed by atoms with E-state index in [0.29, 0.717) is 51.6 Å². The van der Waals surface area contributed by atoms with Crippen LogP contribution in [0.1, 0.15) is 17.7 Å². The minimum Gasteiger partial charge on any atom is -0.490 e. The number of hydrogen-bond acceptors (Lipinski definition) is 7. The van der Waals surface area contributed by atoms with Gasteiger partial charge in [-0.05, 0) is 17.7 Å². The Balaban J connectivity index is 1.31. The standard InChI is InChI=1S/C20H27N5O5S/c1-21-20(22-14-16-3-4-18-19(13-16)29-11-2-10-28-18)24-6-8-25(9-7-24)31(26,27)15-17-5-12-30-23-17/h3-5,12-13H,2,6-11,14-15H2,1H3,(H,21,22). The molecule has 11 heteroatoms. The molecule has 0 radical (unpaired) electrons. The van der Waals surface area contributed by atoms with Gasteiger partial charge in [-0.25, -0.2) is 8.42 Å². The Kier molecular flexibility index (Phi) is 6.62. The van der Waals surface area contributed by atoms with E-state index in [2.05, 4.69) is 20.4 Å². The van der Waals surface area contributed by atoms with Crippen LogP contribution in [-0.2, 0) is 22.3 Å². The number of piperazine rings is 1. The molecule has 1 N–H and O–H groups in total. The van der Waals surface area contributed by atoms with Crippen molar-refractivity contribution >= 4 is 16.0 Å². The van der Waals surface area contributed by atoms with E-state index in [-0.39, 0.29) is 5.75 Å². The van der Waals surface area contributed by atoms with Crippen molar-refractivity contribution in [3.8, 4) is 11.5 Å². The minimum absolute atomic E-state index is 0.152. The van der Waals surface area contributed by atoms with Crippen LogP contribution in [-0.4, -0.2) is 75.2 Å². The van der Waals surface area contributed by atoms with Gasteiger partial charge in [-0.2, -0.15) is 4.31 Å². The summed E-state index contributed by atoms with van der Waals surface area (Å²) in [5, 5.41) is 7.06. The zero-order valence-corrected chi connectivity index (χ0v) is 18.3. The number of guanidine groups is 1. The number of nitrogens with zero attached hydrogens (tertiary/aromatic N) is 4. The fraction of sp³-hybridized carbons (Fsp3) is 0.500. The van der Waals surface area contributed by atoms with E-state index < -0.39 is 10.0 Å². The van der Waals surface area contributed by atoms with Crippen LogP contribution in [0, 0.1) is 0 Å². The number of hydrogen-bond donors (Lipinski definition) is 1. The topological polar surface area (TPSA) is 110 Å². The number of ether oxygens (including phenoxy) is 2. The highest BCUT2D eigenvalue weighted by atomic mass is 32.2. The number of sulfonamides is 1. The van der Waals surface area contributed by atoms with Crippen LogP contribution >= 0.6 is 0 Å². The lowest BCUT2D eigenvalue weighted by molar-refractivity contribution is 0.259. The van der Waals surface area contributed by atoms with E-state index in [1.165, 1.54) is 10.6 Å². The van der Waals surface area contributed by atoms with Crippen LogP contribution in [0.2, 0.25) is 0 Å². The molecule has 168 valence electrons. The number of nitrogens with one attached hydrogen (secondary N) is 1. The van der Waals surface area contributed by atoms with Crippen molar-refractivity contribution < 1.29 is 22.4 Å². The third-order valence-corrected chi connectivity index (χ3v) is 7.04. The van der Waals surface area contributed by atoms with Gasteiger partial charge in [0.2, 0.25) is 10.0 Å². The molecule has 4 rings (SSSR count). The predicted octanol–water partition coefficient (Wildman–Crippen LogP) is 1.06. The lowest BCUT2D eigenvalue weighted by atomic mass is 10.2. The molecule has 1 aromatic carbocycles. The van der Waals surface area contributed by atoms with Crippen molar-refractivity contribution in [3.63, 3.8) is 0 Å². The molecule has 31 heavy (non-hydrogen) atoms. The molecule has 0 atom stereocenters. The maximum atomic E-state index is 12.6. The molecule has 0 aliphatic carbocycles. The van der Waals surface area contributed by atoms with E-state index in [4.69, 9.17) is 14.0 Å². The van der Waals surface area contributed by atoms with E-state index in [0.717, 1.165) is 29.4 Å². The predicted molar refractivity (Wildman–Crippen MR) is 115 cm³/mol. The van der Waals surface area contributed by atoms with Crippen molar-refractivity contribution in [1.29, 1.82) is 0 Å². The van der Waals surface area contributed by atoms with Crippen molar-refractivity contribution in [2.75, 3.05) is 46.4 Å². The van der Waals surface area contributed by atoms with Gasteiger partial charge < -0.3 is 24.2 Å². The SMILES string of the molecule is CN=C(NCc1ccc2c(c1)OCCCO2)N1CCN(S(=O)(=O)Cc2ccon2)CC1. The summed E-state index contributed by atoms with van der Waals surface area (Å²) in [5.41, 5.74) is 1.47. The molecule has 0 unspecified atom stereocenters. The van der Waals surface area contributed by atoms with E-state index in [9.17, 15) is 8.42 Å². The molecule has 3 heterocycles. The third kappa shape index (κ3) is 5.28. The summed E-state index contributed by atoms with van der Waals surface area (Å²) < 4.78 is 42.9. The normalized spacial score (nSPS) is 18.0. The van der Waals surface area contributed by atoms with Gasteiger partial charge in [0.15, 0.2) is 17.5 Å². The Hall–Kier alpha value is -2.79. The van der Waals surface area contributed by atoms with Gasteiger partial charge >= 0.3 is 0 Å². The second-order valence-electron chi connectivity index (χ2n) is 7.37. The molecular weight excluding hydrogens is 422 g/mol. The zero-order chi connectivity index (χ0) is 21.7. The molecule has 0 amide bonds.